The van der Waals surface area contributed by atoms with Crippen LogP contribution in [0.3, 0.4) is 0 Å². The summed E-state index contributed by atoms with van der Waals surface area (Å²) in [5.74, 6) is 0. The van der Waals surface area contributed by atoms with Crippen molar-refractivity contribution in [3.05, 3.63) is 42.5 Å². The number of allylic oxidation sites excluding steroid dienone is 1. The first-order valence-electron chi connectivity index (χ1n) is 6.59. The van der Waals surface area contributed by atoms with Crippen LogP contribution in [0.4, 0.5) is 0 Å². The lowest BCUT2D eigenvalue weighted by Gasteiger charge is -2.24. The topological polar surface area (TPSA) is 37.4 Å². The maximum atomic E-state index is 12.4. The molecule has 0 heterocycles. The van der Waals surface area contributed by atoms with Gasteiger partial charge >= 0.3 is 0 Å². The van der Waals surface area contributed by atoms with E-state index in [0.717, 1.165) is 23.1 Å². The van der Waals surface area contributed by atoms with Crippen molar-refractivity contribution in [1.29, 1.82) is 0 Å². The van der Waals surface area contributed by atoms with E-state index in [1.807, 2.05) is 6.08 Å². The summed E-state index contributed by atoms with van der Waals surface area (Å²) in [5, 5.41) is -0.0534. The Labute approximate surface area is 130 Å². The third-order valence-electron chi connectivity index (χ3n) is 3.30. The average molecular weight is 334 g/mol. The Kier molecular flexibility index (Phi) is 5.49. The Morgan fingerprint density at radius 1 is 1.05 bits per heavy atom. The standard InChI is InChI=1S/C14H17Cl2NO2S/c15-12-6-4-5-7-13(11-10-12)17(16)20(18,19)14-8-2-1-3-9-14/h1-3,8-13H,4-7H2/b11-10-. The van der Waals surface area contributed by atoms with E-state index in [2.05, 4.69) is 0 Å². The molecule has 0 saturated carbocycles. The van der Waals surface area contributed by atoms with Crippen LogP contribution in [0, 0.1) is 0 Å². The van der Waals surface area contributed by atoms with Gasteiger partial charge in [-0.2, -0.15) is 0 Å². The highest BCUT2D eigenvalue weighted by Gasteiger charge is 2.29. The van der Waals surface area contributed by atoms with Crippen molar-refractivity contribution in [2.45, 2.75) is 42.0 Å². The van der Waals surface area contributed by atoms with Crippen LogP contribution in [0.5, 0.6) is 0 Å². The molecule has 20 heavy (non-hydrogen) atoms. The highest BCUT2D eigenvalue weighted by molar-refractivity contribution is 7.90. The van der Waals surface area contributed by atoms with Crippen molar-refractivity contribution in [3.63, 3.8) is 0 Å². The van der Waals surface area contributed by atoms with Crippen LogP contribution in [0.1, 0.15) is 25.7 Å². The van der Waals surface area contributed by atoms with Crippen molar-refractivity contribution in [2.24, 2.45) is 0 Å². The molecular weight excluding hydrogens is 317 g/mol. The average Bonchev–Trinajstić information content (AvgIpc) is 2.44. The molecule has 2 atom stereocenters. The van der Waals surface area contributed by atoms with Gasteiger partial charge in [-0.3, -0.25) is 0 Å². The summed E-state index contributed by atoms with van der Waals surface area (Å²) < 4.78 is 25.8. The summed E-state index contributed by atoms with van der Waals surface area (Å²) in [4.78, 5) is 0.202. The predicted molar refractivity (Wildman–Crippen MR) is 82.4 cm³/mol. The van der Waals surface area contributed by atoms with Crippen LogP contribution in [-0.4, -0.2) is 23.7 Å². The van der Waals surface area contributed by atoms with E-state index in [1.54, 1.807) is 36.4 Å². The minimum Gasteiger partial charge on any atom is -0.206 e. The van der Waals surface area contributed by atoms with Gasteiger partial charge in [-0.25, -0.2) is 8.42 Å². The van der Waals surface area contributed by atoms with Crippen molar-refractivity contribution >= 4 is 33.4 Å². The van der Waals surface area contributed by atoms with Crippen LogP contribution >= 0.6 is 23.4 Å². The zero-order chi connectivity index (χ0) is 14.6. The smallest absolute Gasteiger partial charge is 0.206 e. The fraction of sp³-hybridized carbons (Fsp3) is 0.429. The third kappa shape index (κ3) is 3.76. The van der Waals surface area contributed by atoms with E-state index in [4.69, 9.17) is 23.4 Å². The number of alkyl halides is 1. The van der Waals surface area contributed by atoms with Crippen molar-refractivity contribution in [3.8, 4) is 0 Å². The van der Waals surface area contributed by atoms with E-state index in [1.165, 1.54) is 0 Å². The number of benzene rings is 1. The fourth-order valence-electron chi connectivity index (χ4n) is 2.17. The minimum absolute atomic E-state index is 0.0534. The lowest BCUT2D eigenvalue weighted by molar-refractivity contribution is 0.456. The van der Waals surface area contributed by atoms with Gasteiger partial charge in [-0.05, 0) is 36.8 Å². The summed E-state index contributed by atoms with van der Waals surface area (Å²) >= 11 is 12.2. The molecule has 6 heteroatoms. The second-order valence-corrected chi connectivity index (χ2v) is 7.75. The Morgan fingerprint density at radius 3 is 2.40 bits per heavy atom. The van der Waals surface area contributed by atoms with E-state index in [0.29, 0.717) is 6.42 Å². The number of hydrogen-bond donors (Lipinski definition) is 0. The largest absolute Gasteiger partial charge is 0.256 e. The summed E-state index contributed by atoms with van der Waals surface area (Å²) in [5.41, 5.74) is 0. The molecule has 1 aliphatic rings. The van der Waals surface area contributed by atoms with E-state index in [-0.39, 0.29) is 16.3 Å². The van der Waals surface area contributed by atoms with Crippen LogP contribution in [0.15, 0.2) is 47.4 Å². The molecular formula is C14H17Cl2NO2S. The zero-order valence-corrected chi connectivity index (χ0v) is 13.3. The number of hydrogen-bond acceptors (Lipinski definition) is 2. The zero-order valence-electron chi connectivity index (χ0n) is 11.0. The minimum atomic E-state index is -3.68. The van der Waals surface area contributed by atoms with Gasteiger partial charge in [-0.1, -0.05) is 43.2 Å². The quantitative estimate of drug-likeness (QED) is 0.477. The van der Waals surface area contributed by atoms with E-state index in [9.17, 15) is 8.42 Å². The molecule has 0 spiro atoms. The maximum Gasteiger partial charge on any atom is 0.256 e. The first kappa shape index (κ1) is 15.8. The molecule has 2 rings (SSSR count). The molecule has 0 amide bonds. The molecule has 0 N–H and O–H groups in total. The SMILES string of the molecule is O=S(=O)(c1ccccc1)N(Cl)C1/C=C\C(Cl)CCCC1. The lowest BCUT2D eigenvalue weighted by atomic mass is 10.0. The highest BCUT2D eigenvalue weighted by Crippen LogP contribution is 2.26. The summed E-state index contributed by atoms with van der Waals surface area (Å²) in [6.07, 6.45) is 7.14. The Balaban J connectivity index is 2.23. The Hall–Kier alpha value is -0.550. The van der Waals surface area contributed by atoms with Crippen molar-refractivity contribution in [2.75, 3.05) is 0 Å². The van der Waals surface area contributed by atoms with Crippen LogP contribution in [0.2, 0.25) is 0 Å². The summed E-state index contributed by atoms with van der Waals surface area (Å²) in [7, 11) is -3.68. The first-order chi connectivity index (χ1) is 9.51. The number of nitrogens with zero attached hydrogens (tertiary/aromatic N) is 1. The molecule has 0 bridgehead atoms. The molecule has 0 radical (unpaired) electrons. The summed E-state index contributed by atoms with van der Waals surface area (Å²) in [6.45, 7) is 0. The highest BCUT2D eigenvalue weighted by atomic mass is 35.5. The van der Waals surface area contributed by atoms with Gasteiger partial charge in [0, 0.05) is 0 Å². The van der Waals surface area contributed by atoms with Gasteiger partial charge in [0.25, 0.3) is 10.0 Å². The fourth-order valence-corrected chi connectivity index (χ4v) is 4.05. The maximum absolute atomic E-state index is 12.4. The van der Waals surface area contributed by atoms with Gasteiger partial charge in [0.2, 0.25) is 0 Å². The molecule has 0 aliphatic heterocycles. The van der Waals surface area contributed by atoms with E-state index >= 15 is 0 Å². The normalized spacial score (nSPS) is 25.9. The number of halogens is 2. The molecule has 3 nitrogen and oxygen atoms in total. The van der Waals surface area contributed by atoms with Crippen molar-refractivity contribution in [1.82, 2.24) is 3.82 Å². The van der Waals surface area contributed by atoms with Gasteiger partial charge < -0.3 is 0 Å². The Morgan fingerprint density at radius 2 is 1.70 bits per heavy atom. The third-order valence-corrected chi connectivity index (χ3v) is 6.06. The number of rotatable bonds is 3. The van der Waals surface area contributed by atoms with Gasteiger partial charge in [0.05, 0.1) is 16.3 Å². The predicted octanol–water partition coefficient (Wildman–Crippen LogP) is 3.94. The van der Waals surface area contributed by atoms with Gasteiger partial charge in [0.1, 0.15) is 0 Å². The second kappa shape index (κ2) is 6.94. The van der Waals surface area contributed by atoms with Gasteiger partial charge in [-0.15, -0.1) is 15.4 Å². The Bertz CT molecular complexity index is 560. The van der Waals surface area contributed by atoms with Gasteiger partial charge in [0.15, 0.2) is 0 Å². The van der Waals surface area contributed by atoms with E-state index < -0.39 is 10.0 Å². The molecule has 110 valence electrons. The second-order valence-electron chi connectivity index (χ2n) is 4.81. The molecule has 1 aromatic rings. The molecule has 0 fully saturated rings. The molecule has 1 aliphatic carbocycles. The lowest BCUT2D eigenvalue weighted by Crippen LogP contribution is -2.32. The monoisotopic (exact) mass is 333 g/mol. The van der Waals surface area contributed by atoms with Crippen LogP contribution < -0.4 is 0 Å². The first-order valence-corrected chi connectivity index (χ1v) is 8.81. The molecule has 1 aromatic carbocycles. The van der Waals surface area contributed by atoms with Crippen molar-refractivity contribution < 1.29 is 8.42 Å². The van der Waals surface area contributed by atoms with Crippen LogP contribution in [0.25, 0.3) is 0 Å². The number of sulfonamides is 1. The molecule has 0 aromatic heterocycles. The van der Waals surface area contributed by atoms with Crippen LogP contribution in [-0.2, 0) is 10.0 Å². The molecule has 2 unspecified atom stereocenters. The summed E-state index contributed by atoms with van der Waals surface area (Å²) in [6, 6.07) is 7.86. The molecule has 0 saturated heterocycles.